The Bertz CT molecular complexity index is 279. The van der Waals surface area contributed by atoms with Crippen molar-refractivity contribution in [3.05, 3.63) is 0 Å². The molecule has 0 aromatic heterocycles. The highest BCUT2D eigenvalue weighted by Crippen LogP contribution is 2.17. The molecule has 36 heavy (non-hydrogen) atoms. The molecule has 0 aliphatic heterocycles. The van der Waals surface area contributed by atoms with Crippen molar-refractivity contribution in [1.29, 1.82) is 0 Å². The van der Waals surface area contributed by atoms with Gasteiger partial charge < -0.3 is 33.8 Å². The molecule has 0 amide bonds. The predicted octanol–water partition coefficient (Wildman–Crippen LogP) is 4.02. The SMILES string of the molecule is CCCC[N+](CCCC)(CCCC)CCCC.CCCC[N+](CCCC)(CCCC)CCCC.[Cl-].[Cl-]. The van der Waals surface area contributed by atoms with Crippen LogP contribution in [0.25, 0.3) is 0 Å². The number of quaternary nitrogens is 2. The minimum atomic E-state index is 0. The summed E-state index contributed by atoms with van der Waals surface area (Å²) in [7, 11) is 0. The summed E-state index contributed by atoms with van der Waals surface area (Å²) in [5, 5.41) is 0. The molecule has 0 atom stereocenters. The fourth-order valence-electron chi connectivity index (χ4n) is 5.29. The smallest absolute Gasteiger partial charge is 0.0786 e. The lowest BCUT2D eigenvalue weighted by Crippen LogP contribution is -3.00. The summed E-state index contributed by atoms with van der Waals surface area (Å²) in [5.41, 5.74) is 0. The first-order chi connectivity index (χ1) is 16.5. The van der Waals surface area contributed by atoms with Crippen LogP contribution in [0.2, 0.25) is 0 Å². The fraction of sp³-hybridized carbons (Fsp3) is 1.00. The van der Waals surface area contributed by atoms with E-state index < -0.39 is 0 Å². The molecule has 0 saturated carbocycles. The first-order valence-electron chi connectivity index (χ1n) is 16.2. The minimum Gasteiger partial charge on any atom is -1.00 e. The monoisotopic (exact) mass is 555 g/mol. The zero-order valence-corrected chi connectivity index (χ0v) is 28.1. The van der Waals surface area contributed by atoms with E-state index in [-0.39, 0.29) is 24.8 Å². The molecule has 224 valence electrons. The Morgan fingerprint density at radius 1 is 0.250 bits per heavy atom. The Morgan fingerprint density at radius 2 is 0.361 bits per heavy atom. The quantitative estimate of drug-likeness (QED) is 0.158. The van der Waals surface area contributed by atoms with Gasteiger partial charge in [0, 0.05) is 0 Å². The van der Waals surface area contributed by atoms with Crippen molar-refractivity contribution in [2.45, 2.75) is 158 Å². The molecular formula is C32H72Cl2N2. The average molecular weight is 556 g/mol. The molecule has 0 aromatic carbocycles. The van der Waals surface area contributed by atoms with Gasteiger partial charge in [-0.1, -0.05) is 107 Å². The lowest BCUT2D eigenvalue weighted by molar-refractivity contribution is -0.929. The lowest BCUT2D eigenvalue weighted by atomic mass is 10.1. The molecule has 2 nitrogen and oxygen atoms in total. The van der Waals surface area contributed by atoms with Crippen LogP contribution in [-0.2, 0) is 0 Å². The summed E-state index contributed by atoms with van der Waals surface area (Å²) in [4.78, 5) is 0. The molecule has 0 spiro atoms. The summed E-state index contributed by atoms with van der Waals surface area (Å²) >= 11 is 0. The second-order valence-electron chi connectivity index (χ2n) is 11.3. The van der Waals surface area contributed by atoms with Crippen molar-refractivity contribution >= 4 is 0 Å². The highest BCUT2D eigenvalue weighted by Gasteiger charge is 2.25. The second kappa shape index (κ2) is 31.7. The highest BCUT2D eigenvalue weighted by molar-refractivity contribution is 4.50. The number of nitrogens with zero attached hydrogens (tertiary/aromatic N) is 2. The fourth-order valence-corrected chi connectivity index (χ4v) is 5.29. The molecule has 0 radical (unpaired) electrons. The molecular weight excluding hydrogens is 483 g/mol. The van der Waals surface area contributed by atoms with E-state index >= 15 is 0 Å². The van der Waals surface area contributed by atoms with Gasteiger partial charge in [0.1, 0.15) is 0 Å². The maximum absolute atomic E-state index is 2.33. The number of unbranched alkanes of at least 4 members (excludes halogenated alkanes) is 8. The van der Waals surface area contributed by atoms with Gasteiger partial charge in [0.2, 0.25) is 0 Å². The standard InChI is InChI=1S/2C16H36N.2ClH/c2*1-5-9-13-17(14-10-6-2,15-11-7-3)16-12-8-4;;/h2*5-16H2,1-4H3;2*1H/q2*+1;;/p-2. The second-order valence-corrected chi connectivity index (χ2v) is 11.3. The van der Waals surface area contributed by atoms with Crippen LogP contribution in [0.4, 0.5) is 0 Å². The first-order valence-corrected chi connectivity index (χ1v) is 16.2. The Morgan fingerprint density at radius 3 is 0.444 bits per heavy atom. The van der Waals surface area contributed by atoms with Crippen LogP contribution in [0, 0.1) is 0 Å². The Labute approximate surface area is 243 Å². The van der Waals surface area contributed by atoms with Crippen molar-refractivity contribution < 1.29 is 33.8 Å². The van der Waals surface area contributed by atoms with E-state index in [4.69, 9.17) is 0 Å². The summed E-state index contributed by atoms with van der Waals surface area (Å²) < 4.78 is 2.84. The molecule has 0 aliphatic carbocycles. The van der Waals surface area contributed by atoms with Crippen molar-refractivity contribution in [2.24, 2.45) is 0 Å². The third kappa shape index (κ3) is 23.6. The van der Waals surface area contributed by atoms with Crippen LogP contribution in [0.15, 0.2) is 0 Å². The van der Waals surface area contributed by atoms with Gasteiger partial charge in [0.15, 0.2) is 0 Å². The van der Waals surface area contributed by atoms with E-state index in [0.29, 0.717) is 0 Å². The first kappa shape index (κ1) is 43.5. The molecule has 0 rings (SSSR count). The van der Waals surface area contributed by atoms with Crippen molar-refractivity contribution in [1.82, 2.24) is 0 Å². The van der Waals surface area contributed by atoms with Crippen molar-refractivity contribution in [2.75, 3.05) is 52.4 Å². The largest absolute Gasteiger partial charge is 1.00 e. The molecule has 0 aliphatic rings. The zero-order chi connectivity index (χ0) is 26.0. The summed E-state index contributed by atoms with van der Waals surface area (Å²) in [6.45, 7) is 30.0. The topological polar surface area (TPSA) is 0 Å². The van der Waals surface area contributed by atoms with E-state index in [2.05, 4.69) is 55.4 Å². The lowest BCUT2D eigenvalue weighted by Gasteiger charge is -2.39. The van der Waals surface area contributed by atoms with Gasteiger partial charge >= 0.3 is 0 Å². The Balaban J connectivity index is -0.000000269. The van der Waals surface area contributed by atoms with Crippen LogP contribution < -0.4 is 24.8 Å². The van der Waals surface area contributed by atoms with Crippen molar-refractivity contribution in [3.63, 3.8) is 0 Å². The Kier molecular flexibility index (Phi) is 38.4. The zero-order valence-electron chi connectivity index (χ0n) is 26.6. The highest BCUT2D eigenvalue weighted by atomic mass is 35.5. The normalized spacial score (nSPS) is 11.3. The third-order valence-electron chi connectivity index (χ3n) is 7.89. The molecule has 0 saturated heterocycles. The van der Waals surface area contributed by atoms with Crippen LogP contribution in [0.3, 0.4) is 0 Å². The number of hydrogen-bond acceptors (Lipinski definition) is 0. The van der Waals surface area contributed by atoms with Crippen molar-refractivity contribution in [3.8, 4) is 0 Å². The van der Waals surface area contributed by atoms with Gasteiger partial charge in [-0.15, -0.1) is 0 Å². The van der Waals surface area contributed by atoms with Gasteiger partial charge in [-0.05, 0) is 51.4 Å². The van der Waals surface area contributed by atoms with Gasteiger partial charge in [-0.2, -0.15) is 0 Å². The number of rotatable bonds is 24. The number of halogens is 2. The van der Waals surface area contributed by atoms with Crippen LogP contribution >= 0.6 is 0 Å². The van der Waals surface area contributed by atoms with Gasteiger partial charge in [-0.25, -0.2) is 0 Å². The summed E-state index contributed by atoms with van der Waals surface area (Å²) in [6.07, 6.45) is 22.1. The third-order valence-corrected chi connectivity index (χ3v) is 7.89. The van der Waals surface area contributed by atoms with E-state index in [1.54, 1.807) is 0 Å². The minimum absolute atomic E-state index is 0. The summed E-state index contributed by atoms with van der Waals surface area (Å²) in [5.74, 6) is 0. The molecule has 0 unspecified atom stereocenters. The molecule has 0 fully saturated rings. The average Bonchev–Trinajstić information content (AvgIpc) is 2.87. The predicted molar refractivity (Wildman–Crippen MR) is 159 cm³/mol. The summed E-state index contributed by atoms with van der Waals surface area (Å²) in [6, 6.07) is 0. The molecule has 0 bridgehead atoms. The van der Waals surface area contributed by atoms with Gasteiger partial charge in [-0.3, -0.25) is 0 Å². The van der Waals surface area contributed by atoms with Crippen LogP contribution in [-0.4, -0.2) is 61.3 Å². The van der Waals surface area contributed by atoms with Gasteiger partial charge in [0.05, 0.1) is 52.4 Å². The van der Waals surface area contributed by atoms with Crippen LogP contribution in [0.5, 0.6) is 0 Å². The van der Waals surface area contributed by atoms with E-state index in [0.717, 1.165) is 0 Å². The number of hydrogen-bond donors (Lipinski definition) is 0. The maximum atomic E-state index is 2.33. The van der Waals surface area contributed by atoms with E-state index in [9.17, 15) is 0 Å². The molecule has 0 heterocycles. The molecule has 0 aromatic rings. The van der Waals surface area contributed by atoms with E-state index in [1.165, 1.54) is 164 Å². The molecule has 0 N–H and O–H groups in total. The molecule has 4 heteroatoms. The van der Waals surface area contributed by atoms with Gasteiger partial charge in [0.25, 0.3) is 0 Å². The maximum Gasteiger partial charge on any atom is 0.0786 e. The van der Waals surface area contributed by atoms with E-state index in [1.807, 2.05) is 0 Å². The Hall–Kier alpha value is 0.500. The van der Waals surface area contributed by atoms with Crippen LogP contribution in [0.1, 0.15) is 158 Å².